The second-order valence-electron chi connectivity index (χ2n) is 6.82. The zero-order valence-electron chi connectivity index (χ0n) is 14.0. The van der Waals surface area contributed by atoms with Crippen LogP contribution < -0.4 is 10.6 Å². The average Bonchev–Trinajstić information content (AvgIpc) is 2.85. The second kappa shape index (κ2) is 8.25. The van der Waals surface area contributed by atoms with Gasteiger partial charge in [0.15, 0.2) is 5.76 Å². The molecule has 1 aromatic heterocycles. The van der Waals surface area contributed by atoms with E-state index in [1.165, 1.54) is 38.5 Å². The van der Waals surface area contributed by atoms with E-state index in [1.807, 2.05) is 12.3 Å². The van der Waals surface area contributed by atoms with Crippen LogP contribution >= 0.6 is 11.8 Å². The molecule has 2 saturated carbocycles. The summed E-state index contributed by atoms with van der Waals surface area (Å²) >= 11 is 1.70. The van der Waals surface area contributed by atoms with Gasteiger partial charge < -0.3 is 15.1 Å². The maximum atomic E-state index is 12.3. The molecule has 2 fully saturated rings. The smallest absolute Gasteiger partial charge is 0.287 e. The van der Waals surface area contributed by atoms with Crippen molar-refractivity contribution < 1.29 is 9.21 Å². The number of rotatable bonds is 6. The molecule has 0 saturated heterocycles. The van der Waals surface area contributed by atoms with Crippen LogP contribution in [-0.4, -0.2) is 30.3 Å². The molecule has 2 aliphatic carbocycles. The summed E-state index contributed by atoms with van der Waals surface area (Å²) in [5.41, 5.74) is 0. The van der Waals surface area contributed by atoms with Gasteiger partial charge in [0, 0.05) is 18.1 Å². The van der Waals surface area contributed by atoms with Crippen molar-refractivity contribution in [2.24, 2.45) is 0 Å². The lowest BCUT2D eigenvalue weighted by Crippen LogP contribution is -2.58. The summed E-state index contributed by atoms with van der Waals surface area (Å²) < 4.78 is 5.60. The molecule has 0 unspecified atom stereocenters. The maximum Gasteiger partial charge on any atom is 0.287 e. The van der Waals surface area contributed by atoms with E-state index >= 15 is 0 Å². The molecule has 23 heavy (non-hydrogen) atoms. The lowest BCUT2D eigenvalue weighted by atomic mass is 9.85. The minimum Gasteiger partial charge on any atom is -0.455 e. The normalized spacial score (nSPS) is 25.6. The van der Waals surface area contributed by atoms with Crippen molar-refractivity contribution in [2.45, 2.75) is 75.2 Å². The fourth-order valence-corrected chi connectivity index (χ4v) is 4.02. The van der Waals surface area contributed by atoms with Gasteiger partial charge >= 0.3 is 0 Å². The van der Waals surface area contributed by atoms with Gasteiger partial charge in [-0.1, -0.05) is 25.7 Å². The number of carbonyl (C=O) groups is 1. The third-order valence-corrected chi connectivity index (χ3v) is 5.64. The number of hydrogen-bond donors (Lipinski definition) is 2. The maximum absolute atomic E-state index is 12.3. The van der Waals surface area contributed by atoms with Crippen LogP contribution in [0.4, 0.5) is 0 Å². The molecule has 2 N–H and O–H groups in total. The third-order valence-electron chi connectivity index (χ3n) is 5.07. The Labute approximate surface area is 143 Å². The Kier molecular flexibility index (Phi) is 6.06. The van der Waals surface area contributed by atoms with E-state index in [9.17, 15) is 4.79 Å². The molecule has 4 nitrogen and oxygen atoms in total. The Morgan fingerprint density at radius 3 is 2.52 bits per heavy atom. The lowest BCUT2D eigenvalue weighted by Gasteiger charge is -2.40. The van der Waals surface area contributed by atoms with Crippen LogP contribution in [0.2, 0.25) is 0 Å². The zero-order valence-corrected chi connectivity index (χ0v) is 14.8. The van der Waals surface area contributed by atoms with Crippen LogP contribution in [-0.2, 0) is 5.75 Å². The summed E-state index contributed by atoms with van der Waals surface area (Å²) in [7, 11) is 0. The van der Waals surface area contributed by atoms with Gasteiger partial charge in [-0.15, -0.1) is 0 Å². The highest BCUT2D eigenvalue weighted by molar-refractivity contribution is 7.97. The molecule has 0 radical (unpaired) electrons. The standard InChI is InChI=1S/C18H28N2O2S/c1-23-12-14-8-11-17(22-14)18(21)20-16-10-9-15(16)19-13-6-4-2-3-5-7-13/h8,11,13,15-16,19H,2-7,9-10,12H2,1H3,(H,20,21)/t15-,16+/m1/s1. The van der Waals surface area contributed by atoms with Gasteiger partial charge in [-0.05, 0) is 44.1 Å². The topological polar surface area (TPSA) is 54.3 Å². The van der Waals surface area contributed by atoms with Gasteiger partial charge in [0.25, 0.3) is 5.91 Å². The number of carbonyl (C=O) groups excluding carboxylic acids is 1. The molecule has 5 heteroatoms. The van der Waals surface area contributed by atoms with Crippen LogP contribution in [0.25, 0.3) is 0 Å². The quantitative estimate of drug-likeness (QED) is 0.778. The van der Waals surface area contributed by atoms with Gasteiger partial charge in [0.1, 0.15) is 5.76 Å². The Morgan fingerprint density at radius 2 is 1.87 bits per heavy atom. The highest BCUT2D eigenvalue weighted by atomic mass is 32.2. The van der Waals surface area contributed by atoms with Crippen molar-refractivity contribution in [3.8, 4) is 0 Å². The fraction of sp³-hybridized carbons (Fsp3) is 0.722. The summed E-state index contributed by atoms with van der Waals surface area (Å²) in [6.45, 7) is 0. The molecular formula is C18H28N2O2S. The van der Waals surface area contributed by atoms with Crippen LogP contribution in [0.3, 0.4) is 0 Å². The fourth-order valence-electron chi connectivity index (χ4n) is 3.58. The minimum atomic E-state index is -0.0743. The van der Waals surface area contributed by atoms with E-state index in [0.29, 0.717) is 17.8 Å². The SMILES string of the molecule is CSCc1ccc(C(=O)N[C@H]2CC[C@H]2NC2CCCCCC2)o1. The van der Waals surface area contributed by atoms with Crippen molar-refractivity contribution in [3.63, 3.8) is 0 Å². The van der Waals surface area contributed by atoms with Crippen LogP contribution in [0.1, 0.15) is 67.7 Å². The van der Waals surface area contributed by atoms with E-state index in [4.69, 9.17) is 4.42 Å². The van der Waals surface area contributed by atoms with Gasteiger partial charge in [-0.2, -0.15) is 11.8 Å². The Bertz CT molecular complexity index is 509. The largest absolute Gasteiger partial charge is 0.455 e. The van der Waals surface area contributed by atoms with Crippen molar-refractivity contribution in [3.05, 3.63) is 23.7 Å². The van der Waals surface area contributed by atoms with Crippen LogP contribution in [0.5, 0.6) is 0 Å². The summed E-state index contributed by atoms with van der Waals surface area (Å²) in [5.74, 6) is 2.04. The first kappa shape index (κ1) is 16.9. The Morgan fingerprint density at radius 1 is 1.13 bits per heavy atom. The van der Waals surface area contributed by atoms with Crippen LogP contribution in [0.15, 0.2) is 16.5 Å². The first-order valence-corrected chi connectivity index (χ1v) is 10.3. The van der Waals surface area contributed by atoms with Gasteiger partial charge in [-0.25, -0.2) is 0 Å². The first-order valence-electron chi connectivity index (χ1n) is 8.91. The van der Waals surface area contributed by atoms with E-state index in [0.717, 1.165) is 24.4 Å². The minimum absolute atomic E-state index is 0.0743. The number of nitrogens with one attached hydrogen (secondary N) is 2. The van der Waals surface area contributed by atoms with E-state index in [-0.39, 0.29) is 11.9 Å². The molecule has 0 spiro atoms. The first-order chi connectivity index (χ1) is 11.3. The molecule has 1 heterocycles. The molecule has 2 atom stereocenters. The van der Waals surface area contributed by atoms with Gasteiger partial charge in [-0.3, -0.25) is 4.79 Å². The highest BCUT2D eigenvalue weighted by Gasteiger charge is 2.34. The van der Waals surface area contributed by atoms with Crippen molar-refractivity contribution in [1.29, 1.82) is 0 Å². The number of amides is 1. The highest BCUT2D eigenvalue weighted by Crippen LogP contribution is 2.25. The number of thioether (sulfide) groups is 1. The predicted molar refractivity (Wildman–Crippen MR) is 94.8 cm³/mol. The molecular weight excluding hydrogens is 308 g/mol. The molecule has 128 valence electrons. The second-order valence-corrected chi connectivity index (χ2v) is 7.68. The summed E-state index contributed by atoms with van der Waals surface area (Å²) in [5, 5.41) is 6.92. The predicted octanol–water partition coefficient (Wildman–Crippen LogP) is 3.72. The third kappa shape index (κ3) is 4.54. The molecule has 1 amide bonds. The van der Waals surface area contributed by atoms with Crippen molar-refractivity contribution in [2.75, 3.05) is 6.26 Å². The molecule has 2 aliphatic rings. The van der Waals surface area contributed by atoms with Crippen molar-refractivity contribution >= 4 is 17.7 Å². The molecule has 0 aliphatic heterocycles. The monoisotopic (exact) mass is 336 g/mol. The van der Waals surface area contributed by atoms with Crippen molar-refractivity contribution in [1.82, 2.24) is 10.6 Å². The summed E-state index contributed by atoms with van der Waals surface area (Å²) in [4.78, 5) is 12.3. The van der Waals surface area contributed by atoms with Crippen LogP contribution in [0, 0.1) is 0 Å². The molecule has 0 aromatic carbocycles. The van der Waals surface area contributed by atoms with Gasteiger partial charge in [0.2, 0.25) is 0 Å². The Balaban J connectivity index is 1.48. The molecule has 0 bridgehead atoms. The Hall–Kier alpha value is -0.940. The van der Waals surface area contributed by atoms with E-state index < -0.39 is 0 Å². The zero-order chi connectivity index (χ0) is 16.1. The molecule has 1 aromatic rings. The lowest BCUT2D eigenvalue weighted by molar-refractivity contribution is 0.0858. The number of hydrogen-bond acceptors (Lipinski definition) is 4. The van der Waals surface area contributed by atoms with Gasteiger partial charge in [0.05, 0.1) is 5.75 Å². The number of furan rings is 1. The summed E-state index contributed by atoms with van der Waals surface area (Å²) in [6.07, 6.45) is 12.3. The summed E-state index contributed by atoms with van der Waals surface area (Å²) in [6, 6.07) is 5.00. The molecule has 3 rings (SSSR count). The average molecular weight is 337 g/mol. The van der Waals surface area contributed by atoms with E-state index in [1.54, 1.807) is 17.8 Å². The van der Waals surface area contributed by atoms with E-state index in [2.05, 4.69) is 10.6 Å².